The number of esters is 2. The zero-order valence-electron chi connectivity index (χ0n) is 29.5. The fourth-order valence-electron chi connectivity index (χ4n) is 5.90. The van der Waals surface area contributed by atoms with Crippen LogP contribution in [0.5, 0.6) is 17.2 Å². The van der Waals surface area contributed by atoms with Crippen LogP contribution in [0, 0.1) is 5.41 Å². The summed E-state index contributed by atoms with van der Waals surface area (Å²) in [4.78, 5) is 40.6. The Kier molecular flexibility index (Phi) is 13.8. The number of ketones is 1. The zero-order chi connectivity index (χ0) is 38.8. The Morgan fingerprint density at radius 1 is 0.736 bits per heavy atom. The largest absolute Gasteiger partial charge is 0.508 e. The zero-order valence-corrected chi connectivity index (χ0v) is 30.3. The summed E-state index contributed by atoms with van der Waals surface area (Å²) in [5, 5.41) is 10.6. The van der Waals surface area contributed by atoms with Gasteiger partial charge in [-0.05, 0) is 112 Å². The van der Waals surface area contributed by atoms with Crippen LogP contribution < -0.4 is 9.47 Å². The Hall–Kier alpha value is -4.72. The maximum absolute atomic E-state index is 13.9. The van der Waals surface area contributed by atoms with Crippen LogP contribution >= 0.6 is 11.3 Å². The molecular weight excluding hydrogens is 723 g/mol. The van der Waals surface area contributed by atoms with Gasteiger partial charge in [-0.15, -0.1) is 11.3 Å². The molecule has 4 rings (SSSR count). The molecule has 14 heteroatoms. The summed E-state index contributed by atoms with van der Waals surface area (Å²) in [6, 6.07) is 18.7. The minimum Gasteiger partial charge on any atom is -0.508 e. The Bertz CT molecular complexity index is 1830. The van der Waals surface area contributed by atoms with Crippen molar-refractivity contribution in [2.75, 3.05) is 26.9 Å². The lowest BCUT2D eigenvalue weighted by molar-refractivity contribution is -0.284. The summed E-state index contributed by atoms with van der Waals surface area (Å²) in [6.07, 6.45) is -7.77. The van der Waals surface area contributed by atoms with E-state index in [1.807, 2.05) is 12.1 Å². The van der Waals surface area contributed by atoms with Crippen molar-refractivity contribution in [2.24, 2.45) is 5.41 Å². The Morgan fingerprint density at radius 3 is 1.92 bits per heavy atom. The SMILES string of the molecule is CCOC(=O)C(CCCCCOc1ccc(C(=O)c2c(-c3ccc(O)cc3)sc3cc(OC)ccc23)cc1)(CCCC(F)(F)C(F)(F)F)C(=O)OCC. The van der Waals surface area contributed by atoms with Crippen molar-refractivity contribution in [2.45, 2.75) is 70.9 Å². The van der Waals surface area contributed by atoms with Gasteiger partial charge in [-0.25, -0.2) is 0 Å². The molecule has 1 aromatic heterocycles. The predicted octanol–water partition coefficient (Wildman–Crippen LogP) is 9.93. The second-order valence-electron chi connectivity index (χ2n) is 12.3. The first-order valence-corrected chi connectivity index (χ1v) is 18.0. The molecule has 0 bridgehead atoms. The van der Waals surface area contributed by atoms with Crippen LogP contribution in [0.1, 0.15) is 74.7 Å². The molecule has 8 nitrogen and oxygen atoms in total. The molecule has 3 aromatic carbocycles. The van der Waals surface area contributed by atoms with Crippen molar-refractivity contribution in [1.82, 2.24) is 0 Å². The average Bonchev–Trinajstić information content (AvgIpc) is 3.50. The van der Waals surface area contributed by atoms with Crippen molar-refractivity contribution in [3.63, 3.8) is 0 Å². The van der Waals surface area contributed by atoms with Crippen molar-refractivity contribution in [1.29, 1.82) is 0 Å². The molecule has 0 amide bonds. The van der Waals surface area contributed by atoms with Crippen LogP contribution in [0.4, 0.5) is 22.0 Å². The van der Waals surface area contributed by atoms with E-state index in [0.717, 1.165) is 20.5 Å². The van der Waals surface area contributed by atoms with Crippen molar-refractivity contribution < 1.29 is 60.4 Å². The number of phenols is 1. The van der Waals surface area contributed by atoms with E-state index in [0.29, 0.717) is 35.5 Å². The van der Waals surface area contributed by atoms with E-state index in [4.69, 9.17) is 18.9 Å². The number of thiophene rings is 1. The molecule has 286 valence electrons. The maximum Gasteiger partial charge on any atom is 0.453 e. The van der Waals surface area contributed by atoms with Gasteiger partial charge in [0.2, 0.25) is 0 Å². The number of unbranched alkanes of at least 4 members (excludes halogenated alkanes) is 2. The number of alkyl halides is 5. The number of carbonyl (C=O) groups excluding carboxylic acids is 3. The Labute approximate surface area is 307 Å². The second-order valence-corrected chi connectivity index (χ2v) is 13.4. The molecule has 1 heterocycles. The summed E-state index contributed by atoms with van der Waals surface area (Å²) in [5.74, 6) is -5.98. The number of hydrogen-bond donors (Lipinski definition) is 1. The monoisotopic (exact) mass is 764 g/mol. The van der Waals surface area contributed by atoms with Crippen LogP contribution in [-0.4, -0.2) is 61.9 Å². The van der Waals surface area contributed by atoms with Gasteiger partial charge in [0.1, 0.15) is 17.2 Å². The summed E-state index contributed by atoms with van der Waals surface area (Å²) in [5.41, 5.74) is -0.312. The number of fused-ring (bicyclic) bond motifs is 1. The third kappa shape index (κ3) is 9.83. The molecule has 0 saturated carbocycles. The summed E-state index contributed by atoms with van der Waals surface area (Å²) in [6.45, 7) is 2.94. The second kappa shape index (κ2) is 17.9. The van der Waals surface area contributed by atoms with Crippen LogP contribution in [-0.2, 0) is 19.1 Å². The normalized spacial score (nSPS) is 12.1. The number of benzene rings is 3. The molecule has 0 aliphatic heterocycles. The minimum absolute atomic E-state index is 0.106. The third-order valence-electron chi connectivity index (χ3n) is 8.73. The van der Waals surface area contributed by atoms with Gasteiger partial charge in [0.05, 0.1) is 26.9 Å². The van der Waals surface area contributed by atoms with E-state index < -0.39 is 48.7 Å². The van der Waals surface area contributed by atoms with Crippen molar-refractivity contribution in [3.05, 3.63) is 77.9 Å². The first-order valence-electron chi connectivity index (χ1n) is 17.1. The lowest BCUT2D eigenvalue weighted by Crippen LogP contribution is -2.43. The summed E-state index contributed by atoms with van der Waals surface area (Å²) >= 11 is 1.44. The maximum atomic E-state index is 13.9. The highest BCUT2D eigenvalue weighted by molar-refractivity contribution is 7.22. The van der Waals surface area contributed by atoms with Crippen LogP contribution in [0.25, 0.3) is 20.5 Å². The summed E-state index contributed by atoms with van der Waals surface area (Å²) < 4.78 is 87.7. The van der Waals surface area contributed by atoms with Crippen LogP contribution in [0.2, 0.25) is 0 Å². The van der Waals surface area contributed by atoms with Gasteiger partial charge in [-0.3, -0.25) is 14.4 Å². The van der Waals surface area contributed by atoms with E-state index in [-0.39, 0.29) is 44.2 Å². The number of aromatic hydroxyl groups is 1. The van der Waals surface area contributed by atoms with Crippen LogP contribution in [0.3, 0.4) is 0 Å². The molecule has 53 heavy (non-hydrogen) atoms. The quantitative estimate of drug-likeness (QED) is 0.0331. The van der Waals surface area contributed by atoms with Crippen molar-refractivity contribution >= 4 is 39.1 Å². The Balaban J connectivity index is 1.40. The molecule has 0 unspecified atom stereocenters. The van der Waals surface area contributed by atoms with Gasteiger partial charge in [-0.1, -0.05) is 12.8 Å². The van der Waals surface area contributed by atoms with Crippen LogP contribution in [0.15, 0.2) is 66.7 Å². The molecule has 4 aromatic rings. The van der Waals surface area contributed by atoms with Gasteiger partial charge < -0.3 is 24.1 Å². The van der Waals surface area contributed by atoms with Gasteiger partial charge in [-0.2, -0.15) is 22.0 Å². The molecule has 0 spiro atoms. The molecule has 0 aliphatic carbocycles. The summed E-state index contributed by atoms with van der Waals surface area (Å²) in [7, 11) is 1.57. The fourth-order valence-corrected chi connectivity index (χ4v) is 7.13. The van der Waals surface area contributed by atoms with E-state index in [9.17, 15) is 41.4 Å². The van der Waals surface area contributed by atoms with Gasteiger partial charge >= 0.3 is 24.0 Å². The van der Waals surface area contributed by atoms with Gasteiger partial charge in [0, 0.05) is 32.5 Å². The minimum atomic E-state index is -5.76. The van der Waals surface area contributed by atoms with E-state index in [2.05, 4.69) is 0 Å². The molecule has 1 N–H and O–H groups in total. The standard InChI is InChI=1S/C39H41F5O8S/c1-4-50-35(47)37(36(48)51-5-2,21-9-22-38(40,41)39(42,43)44)20-7-6-8-23-52-28-16-12-25(13-17-28)33(46)32-30-19-18-29(49-3)24-31(30)53-34(32)26-10-14-27(45)15-11-26/h10-19,24,45H,4-9,20-23H2,1-3H3. The first-order chi connectivity index (χ1) is 25.2. The number of rotatable bonds is 19. The lowest BCUT2D eigenvalue weighted by atomic mass is 9.77. The highest BCUT2D eigenvalue weighted by Gasteiger charge is 2.57. The fraction of sp³-hybridized carbons (Fsp3) is 0.410. The highest BCUT2D eigenvalue weighted by atomic mass is 32.1. The molecule has 0 aliphatic rings. The first kappa shape index (κ1) is 41.0. The topological polar surface area (TPSA) is 108 Å². The Morgan fingerprint density at radius 2 is 1.34 bits per heavy atom. The molecule has 0 fully saturated rings. The molecule has 0 atom stereocenters. The average molecular weight is 765 g/mol. The molecular formula is C39H41F5O8S. The number of methoxy groups -OCH3 is 1. The van der Waals surface area contributed by atoms with Gasteiger partial charge in [0.25, 0.3) is 0 Å². The van der Waals surface area contributed by atoms with E-state index in [1.165, 1.54) is 25.2 Å². The number of ether oxygens (including phenoxy) is 4. The molecule has 0 saturated heterocycles. The van der Waals surface area contributed by atoms with E-state index in [1.54, 1.807) is 61.7 Å². The van der Waals surface area contributed by atoms with Gasteiger partial charge in [0.15, 0.2) is 11.2 Å². The van der Waals surface area contributed by atoms with Crippen molar-refractivity contribution in [3.8, 4) is 27.7 Å². The number of halogens is 5. The predicted molar refractivity (Wildman–Crippen MR) is 190 cm³/mol. The number of hydrogen-bond acceptors (Lipinski definition) is 9. The van der Waals surface area contributed by atoms with E-state index >= 15 is 0 Å². The highest BCUT2D eigenvalue weighted by Crippen LogP contribution is 2.43. The third-order valence-corrected chi connectivity index (χ3v) is 9.93. The molecule has 0 radical (unpaired) electrons. The number of phenolic OH excluding ortho intramolecular Hbond substituents is 1. The smallest absolute Gasteiger partial charge is 0.453 e. The lowest BCUT2D eigenvalue weighted by Gasteiger charge is -2.30. The number of carbonyl (C=O) groups is 3.